The Balaban J connectivity index is 2.02. The van der Waals surface area contributed by atoms with Crippen LogP contribution < -0.4 is 19.5 Å². The van der Waals surface area contributed by atoms with E-state index in [1.807, 2.05) is 6.92 Å². The van der Waals surface area contributed by atoms with Crippen LogP contribution in [0.2, 0.25) is 5.02 Å². The smallest absolute Gasteiger partial charge is 0.261 e. The molecule has 0 unspecified atom stereocenters. The van der Waals surface area contributed by atoms with Crippen LogP contribution in [0.1, 0.15) is 13.3 Å². The summed E-state index contributed by atoms with van der Waals surface area (Å²) in [6, 6.07) is 10.4. The highest BCUT2D eigenvalue weighted by Crippen LogP contribution is 2.28. The fourth-order valence-corrected chi connectivity index (χ4v) is 3.43. The Morgan fingerprint density at radius 3 is 2.44 bits per heavy atom. The van der Waals surface area contributed by atoms with Gasteiger partial charge in [0.2, 0.25) is 0 Å². The van der Waals surface area contributed by atoms with E-state index in [1.165, 1.54) is 37.4 Å². The molecule has 2 aromatic rings. The lowest BCUT2D eigenvalue weighted by atomic mass is 10.3. The summed E-state index contributed by atoms with van der Waals surface area (Å²) in [5, 5.41) is 2.98. The summed E-state index contributed by atoms with van der Waals surface area (Å²) >= 11 is 6.01. The predicted octanol–water partition coefficient (Wildman–Crippen LogP) is 3.05. The molecule has 0 fully saturated rings. The number of ether oxygens (including phenoxy) is 2. The molecule has 0 aliphatic carbocycles. The van der Waals surface area contributed by atoms with Crippen molar-refractivity contribution in [1.29, 1.82) is 0 Å². The summed E-state index contributed by atoms with van der Waals surface area (Å²) in [5.74, 6) is 0.615. The fourth-order valence-electron chi connectivity index (χ4n) is 2.12. The Hall–Kier alpha value is -2.45. The van der Waals surface area contributed by atoms with Crippen molar-refractivity contribution in [2.24, 2.45) is 0 Å². The number of carbonyl (C=O) groups is 1. The molecule has 0 saturated carbocycles. The van der Waals surface area contributed by atoms with Gasteiger partial charge in [-0.2, -0.15) is 0 Å². The van der Waals surface area contributed by atoms with E-state index in [4.69, 9.17) is 21.1 Å². The zero-order valence-corrected chi connectivity index (χ0v) is 16.6. The number of benzene rings is 2. The zero-order chi connectivity index (χ0) is 19.9. The van der Waals surface area contributed by atoms with Crippen LogP contribution in [0.4, 0.5) is 5.69 Å². The summed E-state index contributed by atoms with van der Waals surface area (Å²) < 4.78 is 37.8. The number of nitrogens with one attached hydrogen (secondary N) is 2. The first-order valence-electron chi connectivity index (χ1n) is 8.21. The van der Waals surface area contributed by atoms with Crippen LogP contribution in [0.15, 0.2) is 47.4 Å². The maximum Gasteiger partial charge on any atom is 0.261 e. The molecule has 0 aliphatic rings. The molecule has 0 heterocycles. The van der Waals surface area contributed by atoms with E-state index in [0.29, 0.717) is 28.8 Å². The second-order valence-corrected chi connectivity index (χ2v) is 7.65. The Labute approximate surface area is 163 Å². The van der Waals surface area contributed by atoms with Crippen molar-refractivity contribution in [2.75, 3.05) is 25.0 Å². The minimum atomic E-state index is -3.79. The third-order valence-corrected chi connectivity index (χ3v) is 5.17. The van der Waals surface area contributed by atoms with Gasteiger partial charge in [0.05, 0.1) is 22.7 Å². The summed E-state index contributed by atoms with van der Waals surface area (Å²) in [4.78, 5) is 11.6. The average Bonchev–Trinajstić information content (AvgIpc) is 2.65. The van der Waals surface area contributed by atoms with E-state index in [1.54, 1.807) is 12.1 Å². The van der Waals surface area contributed by atoms with Gasteiger partial charge < -0.3 is 14.8 Å². The minimum absolute atomic E-state index is 0.0530. The lowest BCUT2D eigenvalue weighted by Crippen LogP contribution is -2.29. The Morgan fingerprint density at radius 1 is 1.15 bits per heavy atom. The van der Waals surface area contributed by atoms with Gasteiger partial charge in [0.25, 0.3) is 15.9 Å². The van der Waals surface area contributed by atoms with Crippen LogP contribution in [0.25, 0.3) is 0 Å². The molecule has 2 N–H and O–H groups in total. The molecule has 0 aromatic heterocycles. The van der Waals surface area contributed by atoms with Gasteiger partial charge in [-0.25, -0.2) is 8.42 Å². The largest absolute Gasteiger partial charge is 0.495 e. The van der Waals surface area contributed by atoms with Crippen molar-refractivity contribution in [1.82, 2.24) is 5.32 Å². The number of rotatable bonds is 9. The first-order valence-corrected chi connectivity index (χ1v) is 10.1. The van der Waals surface area contributed by atoms with E-state index in [2.05, 4.69) is 10.0 Å². The molecule has 146 valence electrons. The third-order valence-electron chi connectivity index (χ3n) is 3.48. The predicted molar refractivity (Wildman–Crippen MR) is 104 cm³/mol. The molecule has 7 nitrogen and oxygen atoms in total. The van der Waals surface area contributed by atoms with E-state index in [9.17, 15) is 13.2 Å². The highest BCUT2D eigenvalue weighted by atomic mass is 35.5. The van der Waals surface area contributed by atoms with Gasteiger partial charge in [-0.05, 0) is 48.9 Å². The summed E-state index contributed by atoms with van der Waals surface area (Å²) in [6.07, 6.45) is 0.838. The summed E-state index contributed by atoms with van der Waals surface area (Å²) in [6.45, 7) is 2.41. The molecular weight excluding hydrogens is 392 g/mol. The van der Waals surface area contributed by atoms with E-state index in [0.717, 1.165) is 6.42 Å². The SMILES string of the molecule is CCCNC(=O)COc1ccc(S(=O)(=O)Nc2ccc(OC)c(Cl)c2)cc1. The van der Waals surface area contributed by atoms with Crippen LogP contribution in [0.3, 0.4) is 0 Å². The number of hydrogen-bond acceptors (Lipinski definition) is 5. The number of hydrogen-bond donors (Lipinski definition) is 2. The van der Waals surface area contributed by atoms with Gasteiger partial charge in [-0.1, -0.05) is 18.5 Å². The molecule has 0 radical (unpaired) electrons. The van der Waals surface area contributed by atoms with Crippen molar-refractivity contribution >= 4 is 33.2 Å². The second kappa shape index (κ2) is 9.48. The number of carbonyl (C=O) groups excluding carboxylic acids is 1. The monoisotopic (exact) mass is 412 g/mol. The van der Waals surface area contributed by atoms with Crippen LogP contribution >= 0.6 is 11.6 Å². The highest BCUT2D eigenvalue weighted by Gasteiger charge is 2.15. The van der Waals surface area contributed by atoms with Crippen molar-refractivity contribution < 1.29 is 22.7 Å². The summed E-state index contributed by atoms with van der Waals surface area (Å²) in [5.41, 5.74) is 0.314. The highest BCUT2D eigenvalue weighted by molar-refractivity contribution is 7.92. The average molecular weight is 413 g/mol. The minimum Gasteiger partial charge on any atom is -0.495 e. The van der Waals surface area contributed by atoms with E-state index >= 15 is 0 Å². The Morgan fingerprint density at radius 2 is 1.85 bits per heavy atom. The molecule has 9 heteroatoms. The maximum absolute atomic E-state index is 12.5. The lowest BCUT2D eigenvalue weighted by Gasteiger charge is -2.11. The normalized spacial score (nSPS) is 10.9. The lowest BCUT2D eigenvalue weighted by molar-refractivity contribution is -0.123. The van der Waals surface area contributed by atoms with Gasteiger partial charge in [-0.3, -0.25) is 9.52 Å². The van der Waals surface area contributed by atoms with Crippen molar-refractivity contribution in [3.63, 3.8) is 0 Å². The van der Waals surface area contributed by atoms with Gasteiger partial charge >= 0.3 is 0 Å². The molecule has 0 bridgehead atoms. The second-order valence-electron chi connectivity index (χ2n) is 5.56. The van der Waals surface area contributed by atoms with Crippen LogP contribution in [-0.2, 0) is 14.8 Å². The van der Waals surface area contributed by atoms with Gasteiger partial charge in [0.1, 0.15) is 11.5 Å². The molecule has 2 rings (SSSR count). The number of methoxy groups -OCH3 is 1. The number of anilines is 1. The molecule has 0 aliphatic heterocycles. The van der Waals surface area contributed by atoms with Crippen LogP contribution in [0, 0.1) is 0 Å². The topological polar surface area (TPSA) is 93.7 Å². The molecular formula is C18H21ClN2O5S. The van der Waals surface area contributed by atoms with Crippen molar-refractivity contribution in [3.05, 3.63) is 47.5 Å². The van der Waals surface area contributed by atoms with Gasteiger partial charge in [-0.15, -0.1) is 0 Å². The van der Waals surface area contributed by atoms with Crippen LogP contribution in [-0.4, -0.2) is 34.6 Å². The zero-order valence-electron chi connectivity index (χ0n) is 15.0. The molecule has 0 atom stereocenters. The maximum atomic E-state index is 12.5. The van der Waals surface area contributed by atoms with Crippen LogP contribution in [0.5, 0.6) is 11.5 Å². The molecule has 1 amide bonds. The first-order chi connectivity index (χ1) is 12.9. The standard InChI is InChI=1S/C18H21ClN2O5S/c1-3-10-20-18(22)12-26-14-5-7-15(8-6-14)27(23,24)21-13-4-9-17(25-2)16(19)11-13/h4-9,11,21H,3,10,12H2,1-2H3,(H,20,22). The van der Waals surface area contributed by atoms with E-state index in [-0.39, 0.29) is 17.4 Å². The Bertz CT molecular complexity index is 885. The number of sulfonamides is 1. The number of amides is 1. The molecule has 0 saturated heterocycles. The van der Waals surface area contributed by atoms with Crippen molar-refractivity contribution in [2.45, 2.75) is 18.2 Å². The molecule has 0 spiro atoms. The number of halogens is 1. The van der Waals surface area contributed by atoms with Gasteiger partial charge in [0.15, 0.2) is 6.61 Å². The van der Waals surface area contributed by atoms with Gasteiger partial charge in [0, 0.05) is 6.54 Å². The molecule has 2 aromatic carbocycles. The fraction of sp³-hybridized carbons (Fsp3) is 0.278. The first kappa shape index (κ1) is 20.9. The van der Waals surface area contributed by atoms with Crippen molar-refractivity contribution in [3.8, 4) is 11.5 Å². The summed E-state index contributed by atoms with van der Waals surface area (Å²) in [7, 11) is -2.32. The molecule has 27 heavy (non-hydrogen) atoms. The van der Waals surface area contributed by atoms with E-state index < -0.39 is 10.0 Å². The quantitative estimate of drug-likeness (QED) is 0.660. The third kappa shape index (κ3) is 6.04. The Kier molecular flexibility index (Phi) is 7.32.